The molecule has 4 nitrogen and oxygen atoms in total. The van der Waals surface area contributed by atoms with Crippen molar-refractivity contribution in [3.8, 4) is 0 Å². The Kier molecular flexibility index (Phi) is 3.94. The molecule has 0 unspecified atom stereocenters. The fourth-order valence-electron chi connectivity index (χ4n) is 1.78. The number of aryl methyl sites for hydroxylation is 1. The van der Waals surface area contributed by atoms with E-state index in [0.29, 0.717) is 17.3 Å². The predicted octanol–water partition coefficient (Wildman–Crippen LogP) is 3.27. The second-order valence-corrected chi connectivity index (χ2v) is 4.17. The summed E-state index contributed by atoms with van der Waals surface area (Å²) in [5.41, 5.74) is 1.27. The molecular weight excluding hydrogens is 243 g/mol. The lowest BCUT2D eigenvalue weighted by molar-refractivity contribution is 0.631. The van der Waals surface area contributed by atoms with Crippen LogP contribution in [-0.2, 0) is 6.42 Å². The van der Waals surface area contributed by atoms with Crippen LogP contribution in [0.25, 0.3) is 0 Å². The maximum Gasteiger partial charge on any atom is 0.146 e. The Morgan fingerprint density at radius 2 is 1.84 bits per heavy atom. The third kappa shape index (κ3) is 2.81. The average Bonchev–Trinajstić information content (AvgIpc) is 2.43. The lowest BCUT2D eigenvalue weighted by Crippen LogP contribution is -2.07. The summed E-state index contributed by atoms with van der Waals surface area (Å²) in [6.45, 7) is 3.88. The van der Waals surface area contributed by atoms with Gasteiger partial charge in [0.1, 0.15) is 23.3 Å². The molecule has 100 valence electrons. The van der Waals surface area contributed by atoms with Crippen molar-refractivity contribution >= 4 is 17.3 Å². The third-order valence-corrected chi connectivity index (χ3v) is 2.87. The number of para-hydroxylation sites is 1. The number of hydrogen-bond acceptors (Lipinski definition) is 4. The molecule has 1 aromatic carbocycles. The molecule has 0 aliphatic heterocycles. The summed E-state index contributed by atoms with van der Waals surface area (Å²) in [6.07, 6.45) is 0.723. The fourth-order valence-corrected chi connectivity index (χ4v) is 1.78. The van der Waals surface area contributed by atoms with Gasteiger partial charge >= 0.3 is 0 Å². The summed E-state index contributed by atoms with van der Waals surface area (Å²) in [5, 5.41) is 6.05. The van der Waals surface area contributed by atoms with Crippen molar-refractivity contribution in [1.82, 2.24) is 9.97 Å². The number of halogens is 1. The van der Waals surface area contributed by atoms with Crippen LogP contribution in [0.3, 0.4) is 0 Å². The van der Waals surface area contributed by atoms with Crippen LogP contribution in [0.1, 0.15) is 18.3 Å². The first-order valence-electron chi connectivity index (χ1n) is 6.22. The van der Waals surface area contributed by atoms with Gasteiger partial charge in [-0.3, -0.25) is 0 Å². The van der Waals surface area contributed by atoms with Crippen LogP contribution in [0.5, 0.6) is 0 Å². The van der Waals surface area contributed by atoms with Gasteiger partial charge in [-0.05, 0) is 19.1 Å². The van der Waals surface area contributed by atoms with Crippen molar-refractivity contribution in [3.05, 3.63) is 41.5 Å². The summed E-state index contributed by atoms with van der Waals surface area (Å²) in [4.78, 5) is 8.78. The molecule has 0 atom stereocenters. The molecular formula is C14H17FN4. The molecule has 2 aromatic rings. The lowest BCUT2D eigenvalue weighted by Gasteiger charge is -2.13. The summed E-state index contributed by atoms with van der Waals surface area (Å²) >= 11 is 0. The van der Waals surface area contributed by atoms with E-state index in [9.17, 15) is 4.39 Å². The maximum absolute atomic E-state index is 13.7. The quantitative estimate of drug-likeness (QED) is 0.885. The van der Waals surface area contributed by atoms with Crippen LogP contribution in [0, 0.1) is 12.7 Å². The number of anilines is 3. The van der Waals surface area contributed by atoms with Gasteiger partial charge in [0.25, 0.3) is 0 Å². The zero-order valence-corrected chi connectivity index (χ0v) is 11.3. The molecule has 0 saturated heterocycles. The Hall–Kier alpha value is -2.17. The SMILES string of the molecule is CCc1nc(NC)c(C)c(Nc2ccccc2F)n1. The second kappa shape index (κ2) is 5.65. The van der Waals surface area contributed by atoms with Crippen LogP contribution < -0.4 is 10.6 Å². The molecule has 0 fully saturated rings. The highest BCUT2D eigenvalue weighted by molar-refractivity contribution is 5.64. The monoisotopic (exact) mass is 260 g/mol. The van der Waals surface area contributed by atoms with E-state index in [2.05, 4.69) is 20.6 Å². The van der Waals surface area contributed by atoms with E-state index in [1.165, 1.54) is 6.07 Å². The Morgan fingerprint density at radius 1 is 1.16 bits per heavy atom. The van der Waals surface area contributed by atoms with Gasteiger partial charge in [0.2, 0.25) is 0 Å². The van der Waals surface area contributed by atoms with Crippen LogP contribution in [0.2, 0.25) is 0 Å². The summed E-state index contributed by atoms with van der Waals surface area (Å²) < 4.78 is 13.7. The standard InChI is InChI=1S/C14H17FN4/c1-4-12-18-13(16-3)9(2)14(19-12)17-11-8-6-5-7-10(11)15/h5-8H,4H2,1-3H3,(H2,16,17,18,19). The van der Waals surface area contributed by atoms with Crippen LogP contribution in [0.4, 0.5) is 21.7 Å². The molecule has 5 heteroatoms. The van der Waals surface area contributed by atoms with Gasteiger partial charge in [-0.2, -0.15) is 0 Å². The van der Waals surface area contributed by atoms with Gasteiger partial charge in [0.05, 0.1) is 5.69 Å². The summed E-state index contributed by atoms with van der Waals surface area (Å²) in [5.74, 6) is 1.80. The van der Waals surface area contributed by atoms with Crippen molar-refractivity contribution in [3.63, 3.8) is 0 Å². The summed E-state index contributed by atoms with van der Waals surface area (Å²) in [6, 6.07) is 6.53. The van der Waals surface area contributed by atoms with Crippen molar-refractivity contribution < 1.29 is 4.39 Å². The zero-order valence-electron chi connectivity index (χ0n) is 11.3. The molecule has 0 bridgehead atoms. The van der Waals surface area contributed by atoms with E-state index in [0.717, 1.165) is 17.8 Å². The molecule has 19 heavy (non-hydrogen) atoms. The van der Waals surface area contributed by atoms with Gasteiger partial charge in [-0.1, -0.05) is 19.1 Å². The molecule has 0 amide bonds. The number of aromatic nitrogens is 2. The minimum Gasteiger partial charge on any atom is -0.373 e. The molecule has 2 rings (SSSR count). The first-order valence-corrected chi connectivity index (χ1v) is 6.22. The first kappa shape index (κ1) is 13.3. The highest BCUT2D eigenvalue weighted by Gasteiger charge is 2.10. The Morgan fingerprint density at radius 3 is 2.47 bits per heavy atom. The topological polar surface area (TPSA) is 49.8 Å². The van der Waals surface area contributed by atoms with Crippen molar-refractivity contribution in [2.45, 2.75) is 20.3 Å². The van der Waals surface area contributed by atoms with E-state index in [1.807, 2.05) is 20.9 Å². The van der Waals surface area contributed by atoms with E-state index in [4.69, 9.17) is 0 Å². The van der Waals surface area contributed by atoms with E-state index >= 15 is 0 Å². The maximum atomic E-state index is 13.7. The van der Waals surface area contributed by atoms with Gasteiger partial charge in [0, 0.05) is 19.0 Å². The van der Waals surface area contributed by atoms with E-state index < -0.39 is 0 Å². The Labute approximate surface area is 112 Å². The van der Waals surface area contributed by atoms with Crippen LogP contribution >= 0.6 is 0 Å². The van der Waals surface area contributed by atoms with Crippen molar-refractivity contribution in [2.24, 2.45) is 0 Å². The minimum absolute atomic E-state index is 0.301. The number of rotatable bonds is 4. The molecule has 2 N–H and O–H groups in total. The fraction of sp³-hybridized carbons (Fsp3) is 0.286. The van der Waals surface area contributed by atoms with Gasteiger partial charge in [-0.25, -0.2) is 14.4 Å². The molecule has 0 aliphatic carbocycles. The Bertz CT molecular complexity index is 584. The van der Waals surface area contributed by atoms with Gasteiger partial charge in [-0.15, -0.1) is 0 Å². The molecule has 0 spiro atoms. The third-order valence-electron chi connectivity index (χ3n) is 2.87. The van der Waals surface area contributed by atoms with Crippen LogP contribution in [0.15, 0.2) is 24.3 Å². The van der Waals surface area contributed by atoms with Gasteiger partial charge in [0.15, 0.2) is 0 Å². The molecule has 1 aromatic heterocycles. The largest absolute Gasteiger partial charge is 0.373 e. The smallest absolute Gasteiger partial charge is 0.146 e. The average molecular weight is 260 g/mol. The number of benzene rings is 1. The van der Waals surface area contributed by atoms with Crippen molar-refractivity contribution in [2.75, 3.05) is 17.7 Å². The zero-order chi connectivity index (χ0) is 13.8. The number of hydrogen-bond donors (Lipinski definition) is 2. The minimum atomic E-state index is -0.301. The molecule has 0 saturated carbocycles. The number of nitrogens with zero attached hydrogens (tertiary/aromatic N) is 2. The molecule has 0 radical (unpaired) electrons. The number of nitrogens with one attached hydrogen (secondary N) is 2. The highest BCUT2D eigenvalue weighted by Crippen LogP contribution is 2.24. The first-order chi connectivity index (χ1) is 9.15. The van der Waals surface area contributed by atoms with E-state index in [-0.39, 0.29) is 5.82 Å². The Balaban J connectivity index is 2.42. The van der Waals surface area contributed by atoms with Gasteiger partial charge < -0.3 is 10.6 Å². The lowest BCUT2D eigenvalue weighted by atomic mass is 10.2. The summed E-state index contributed by atoms with van der Waals surface area (Å²) in [7, 11) is 1.81. The predicted molar refractivity (Wildman–Crippen MR) is 75.4 cm³/mol. The normalized spacial score (nSPS) is 10.3. The highest BCUT2D eigenvalue weighted by atomic mass is 19.1. The van der Waals surface area contributed by atoms with E-state index in [1.54, 1.807) is 18.2 Å². The molecule has 1 heterocycles. The molecule has 0 aliphatic rings. The van der Waals surface area contributed by atoms with Crippen molar-refractivity contribution in [1.29, 1.82) is 0 Å². The second-order valence-electron chi connectivity index (χ2n) is 4.17. The van der Waals surface area contributed by atoms with Crippen LogP contribution in [-0.4, -0.2) is 17.0 Å².